The number of piperidine rings is 1. The number of halogens is 3. The number of hydrogen-bond acceptors (Lipinski definition) is 6. The Morgan fingerprint density at radius 3 is 2.54 bits per heavy atom. The Kier molecular flexibility index (Phi) is 4.08. The van der Waals surface area contributed by atoms with E-state index in [0.717, 1.165) is 12.1 Å². The van der Waals surface area contributed by atoms with E-state index >= 15 is 0 Å². The summed E-state index contributed by atoms with van der Waals surface area (Å²) in [6.45, 7) is 1.02. The number of alkyl halides is 3. The average molecular weight is 342 g/mol. The Bertz CT molecular complexity index is 726. The minimum absolute atomic E-state index is 0.0973. The molecular formula is C13H13F3N6O2. The van der Waals surface area contributed by atoms with Crippen molar-refractivity contribution in [2.24, 2.45) is 0 Å². The fraction of sp³-hybridized carbons (Fsp3) is 0.462. The van der Waals surface area contributed by atoms with Gasteiger partial charge >= 0.3 is 6.18 Å². The number of nitro groups is 1. The second kappa shape index (κ2) is 6.06. The summed E-state index contributed by atoms with van der Waals surface area (Å²) in [7, 11) is 0. The summed E-state index contributed by atoms with van der Waals surface area (Å²) in [5.74, 6) is 0.689. The van der Waals surface area contributed by atoms with Crippen molar-refractivity contribution in [1.82, 2.24) is 20.6 Å². The number of nitrogens with zero attached hydrogens (tertiary/aromatic N) is 5. The van der Waals surface area contributed by atoms with E-state index in [9.17, 15) is 23.3 Å². The van der Waals surface area contributed by atoms with Gasteiger partial charge in [-0.15, -0.1) is 10.2 Å². The van der Waals surface area contributed by atoms with Crippen LogP contribution in [0.15, 0.2) is 18.2 Å². The Balaban J connectivity index is 1.80. The smallest absolute Gasteiger partial charge is 0.371 e. The summed E-state index contributed by atoms with van der Waals surface area (Å²) < 4.78 is 39.2. The first-order valence-corrected chi connectivity index (χ1v) is 7.20. The number of hydrogen-bond donors (Lipinski definition) is 1. The van der Waals surface area contributed by atoms with E-state index in [-0.39, 0.29) is 5.92 Å². The molecule has 1 saturated heterocycles. The maximum absolute atomic E-state index is 13.1. The first-order valence-electron chi connectivity index (χ1n) is 7.20. The summed E-state index contributed by atoms with van der Waals surface area (Å²) in [5, 5.41) is 24.5. The Morgan fingerprint density at radius 2 is 2.00 bits per heavy atom. The minimum atomic E-state index is -4.78. The number of aromatic nitrogens is 4. The zero-order valence-electron chi connectivity index (χ0n) is 12.3. The molecule has 3 rings (SSSR count). The second-order valence-corrected chi connectivity index (χ2v) is 5.49. The zero-order valence-corrected chi connectivity index (χ0v) is 12.3. The van der Waals surface area contributed by atoms with E-state index in [1.165, 1.54) is 6.07 Å². The number of aromatic amines is 1. The fourth-order valence-corrected chi connectivity index (χ4v) is 2.85. The molecule has 128 valence electrons. The van der Waals surface area contributed by atoms with Crippen molar-refractivity contribution >= 4 is 11.4 Å². The molecule has 2 heterocycles. The second-order valence-electron chi connectivity index (χ2n) is 5.49. The molecule has 8 nitrogen and oxygen atoms in total. The van der Waals surface area contributed by atoms with Crippen LogP contribution in [-0.2, 0) is 6.18 Å². The van der Waals surface area contributed by atoms with Gasteiger partial charge in [0.05, 0.1) is 4.92 Å². The lowest BCUT2D eigenvalue weighted by molar-refractivity contribution is -0.388. The van der Waals surface area contributed by atoms with E-state index in [1.54, 1.807) is 4.90 Å². The minimum Gasteiger partial charge on any atom is -0.371 e. The van der Waals surface area contributed by atoms with E-state index in [0.29, 0.717) is 37.4 Å². The molecule has 0 amide bonds. The molecule has 1 aliphatic rings. The lowest BCUT2D eigenvalue weighted by atomic mass is 9.95. The number of nitrogens with one attached hydrogen (secondary N) is 1. The van der Waals surface area contributed by atoms with Crippen LogP contribution >= 0.6 is 0 Å². The molecule has 1 aliphatic heterocycles. The highest BCUT2D eigenvalue weighted by atomic mass is 19.4. The molecule has 0 unspecified atom stereocenters. The lowest BCUT2D eigenvalue weighted by Crippen LogP contribution is -2.33. The molecule has 1 aromatic carbocycles. The van der Waals surface area contributed by atoms with Gasteiger partial charge in [0.25, 0.3) is 5.69 Å². The van der Waals surface area contributed by atoms with Gasteiger partial charge in [-0.05, 0) is 25.0 Å². The van der Waals surface area contributed by atoms with Crippen LogP contribution in [0.4, 0.5) is 24.5 Å². The summed E-state index contributed by atoms with van der Waals surface area (Å²) in [6.07, 6.45) is -3.45. The van der Waals surface area contributed by atoms with Gasteiger partial charge in [-0.3, -0.25) is 10.1 Å². The molecule has 1 aromatic heterocycles. The molecule has 1 fully saturated rings. The third kappa shape index (κ3) is 3.14. The molecule has 0 bridgehead atoms. The highest BCUT2D eigenvalue weighted by Gasteiger charge is 2.39. The zero-order chi connectivity index (χ0) is 17.3. The molecule has 0 atom stereocenters. The number of tetrazole rings is 1. The average Bonchev–Trinajstić information content (AvgIpc) is 3.08. The van der Waals surface area contributed by atoms with Gasteiger partial charge in [-0.25, -0.2) is 0 Å². The predicted octanol–water partition coefficient (Wildman–Crippen LogP) is 2.51. The van der Waals surface area contributed by atoms with Crippen molar-refractivity contribution in [3.8, 4) is 0 Å². The molecule has 11 heteroatoms. The first kappa shape index (κ1) is 16.1. The van der Waals surface area contributed by atoms with Crippen molar-refractivity contribution in [2.45, 2.75) is 24.9 Å². The van der Waals surface area contributed by atoms with Crippen molar-refractivity contribution < 1.29 is 18.1 Å². The lowest BCUT2D eigenvalue weighted by Gasteiger charge is -2.32. The van der Waals surface area contributed by atoms with E-state index in [4.69, 9.17) is 0 Å². The molecule has 0 spiro atoms. The van der Waals surface area contributed by atoms with Gasteiger partial charge in [0.15, 0.2) is 5.82 Å². The Hall–Kier alpha value is -2.72. The monoisotopic (exact) mass is 342 g/mol. The van der Waals surface area contributed by atoms with Gasteiger partial charge in [0.1, 0.15) is 5.56 Å². The van der Waals surface area contributed by atoms with Crippen LogP contribution in [0.1, 0.15) is 30.1 Å². The van der Waals surface area contributed by atoms with Crippen molar-refractivity contribution in [3.63, 3.8) is 0 Å². The van der Waals surface area contributed by atoms with Crippen LogP contribution in [0.2, 0.25) is 0 Å². The van der Waals surface area contributed by atoms with Gasteiger partial charge in [-0.2, -0.15) is 18.4 Å². The number of rotatable bonds is 3. The maximum atomic E-state index is 13.1. The molecule has 2 aromatic rings. The predicted molar refractivity (Wildman–Crippen MR) is 76.5 cm³/mol. The molecule has 24 heavy (non-hydrogen) atoms. The van der Waals surface area contributed by atoms with Crippen molar-refractivity contribution in [3.05, 3.63) is 39.7 Å². The van der Waals surface area contributed by atoms with E-state index in [1.807, 2.05) is 0 Å². The van der Waals surface area contributed by atoms with Crippen LogP contribution in [0.25, 0.3) is 0 Å². The molecule has 1 N–H and O–H groups in total. The third-order valence-corrected chi connectivity index (χ3v) is 4.07. The number of nitro benzene ring substituents is 1. The van der Waals surface area contributed by atoms with Crippen LogP contribution in [0, 0.1) is 10.1 Å². The highest BCUT2D eigenvalue weighted by molar-refractivity contribution is 5.57. The summed E-state index contributed by atoms with van der Waals surface area (Å²) in [6, 6.07) is 3.10. The molecular weight excluding hydrogens is 329 g/mol. The highest BCUT2D eigenvalue weighted by Crippen LogP contribution is 2.39. The van der Waals surface area contributed by atoms with E-state index < -0.39 is 22.4 Å². The number of benzene rings is 1. The molecule has 0 saturated carbocycles. The Labute approximate surface area is 133 Å². The topological polar surface area (TPSA) is 101 Å². The Morgan fingerprint density at radius 1 is 1.29 bits per heavy atom. The normalized spacial score (nSPS) is 16.4. The fourth-order valence-electron chi connectivity index (χ4n) is 2.85. The van der Waals surface area contributed by atoms with E-state index in [2.05, 4.69) is 20.6 Å². The summed E-state index contributed by atoms with van der Waals surface area (Å²) in [4.78, 5) is 11.6. The van der Waals surface area contributed by atoms with Gasteiger partial charge in [-0.1, -0.05) is 5.21 Å². The maximum Gasteiger partial charge on any atom is 0.423 e. The quantitative estimate of drug-likeness (QED) is 0.679. The van der Waals surface area contributed by atoms with Gasteiger partial charge < -0.3 is 4.90 Å². The summed E-state index contributed by atoms with van der Waals surface area (Å²) in [5.41, 5.74) is -1.85. The largest absolute Gasteiger partial charge is 0.423 e. The number of H-pyrrole nitrogens is 1. The SMILES string of the molecule is O=[N+]([O-])c1ccc(N2CCC(c3nn[nH]n3)CC2)cc1C(F)(F)F. The van der Waals surface area contributed by atoms with Crippen LogP contribution in [0.3, 0.4) is 0 Å². The number of anilines is 1. The first-order chi connectivity index (χ1) is 11.4. The van der Waals surface area contributed by atoms with Crippen LogP contribution in [-0.4, -0.2) is 38.6 Å². The van der Waals surface area contributed by atoms with Gasteiger partial charge in [0, 0.05) is 30.8 Å². The van der Waals surface area contributed by atoms with Crippen LogP contribution in [0.5, 0.6) is 0 Å². The standard InChI is InChI=1S/C13H13F3N6O2/c14-13(15,16)10-7-9(1-2-11(10)22(23)24)21-5-3-8(4-6-21)12-17-19-20-18-12/h1-2,7-8H,3-6H2,(H,17,18,19,20). The van der Waals surface area contributed by atoms with Crippen molar-refractivity contribution in [1.29, 1.82) is 0 Å². The van der Waals surface area contributed by atoms with Crippen LogP contribution < -0.4 is 4.90 Å². The summed E-state index contributed by atoms with van der Waals surface area (Å²) >= 11 is 0. The molecule has 0 radical (unpaired) electrons. The molecule has 0 aliphatic carbocycles. The van der Waals surface area contributed by atoms with Gasteiger partial charge in [0.2, 0.25) is 0 Å². The van der Waals surface area contributed by atoms with Crippen molar-refractivity contribution in [2.75, 3.05) is 18.0 Å². The third-order valence-electron chi connectivity index (χ3n) is 4.07.